The number of primary amides is 1. The van der Waals surface area contributed by atoms with Gasteiger partial charge in [0.05, 0.1) is 6.61 Å². The maximum atomic E-state index is 10.3. The van der Waals surface area contributed by atoms with Crippen LogP contribution in [0.4, 0.5) is 0 Å². The van der Waals surface area contributed by atoms with Crippen molar-refractivity contribution in [3.8, 4) is 0 Å². The van der Waals surface area contributed by atoms with Crippen LogP contribution in [-0.2, 0) is 9.53 Å². The first-order valence-corrected chi connectivity index (χ1v) is 3.18. The van der Waals surface area contributed by atoms with Crippen LogP contribution in [0.15, 0.2) is 0 Å². The second kappa shape index (κ2) is 2.03. The van der Waals surface area contributed by atoms with Gasteiger partial charge in [-0.1, -0.05) is 15.9 Å². The van der Waals surface area contributed by atoms with Gasteiger partial charge < -0.3 is 10.5 Å². The molecule has 1 heterocycles. The van der Waals surface area contributed by atoms with E-state index in [2.05, 4.69) is 15.9 Å². The van der Waals surface area contributed by atoms with E-state index in [9.17, 15) is 4.79 Å². The predicted octanol–water partition coefficient (Wildman–Crippen LogP) is -0.366. The quantitative estimate of drug-likeness (QED) is 0.465. The molecule has 2 atom stereocenters. The van der Waals surface area contributed by atoms with Crippen molar-refractivity contribution in [1.82, 2.24) is 0 Å². The van der Waals surface area contributed by atoms with E-state index in [0.717, 1.165) is 0 Å². The third-order valence-corrected chi connectivity index (χ3v) is 2.00. The molecular formula is C4H6BrNO2. The number of epoxide rings is 1. The van der Waals surface area contributed by atoms with Gasteiger partial charge in [-0.25, -0.2) is 0 Å². The molecule has 1 amide bonds. The number of rotatable bonds is 2. The fourth-order valence-corrected chi connectivity index (χ4v) is 0.713. The summed E-state index contributed by atoms with van der Waals surface area (Å²) < 4.78 is 4.78. The Balaban J connectivity index is 2.32. The average Bonchev–Trinajstić information content (AvgIpc) is 2.43. The monoisotopic (exact) mass is 179 g/mol. The molecule has 1 saturated heterocycles. The highest BCUT2D eigenvalue weighted by Crippen LogP contribution is 2.19. The molecule has 1 aliphatic rings. The normalized spacial score (nSPS) is 29.4. The first-order chi connectivity index (χ1) is 3.72. The molecule has 2 N–H and O–H groups in total. The van der Waals surface area contributed by atoms with Gasteiger partial charge in [-0.3, -0.25) is 4.79 Å². The molecule has 46 valence electrons. The summed E-state index contributed by atoms with van der Waals surface area (Å²) in [5, 5.41) is 0. The highest BCUT2D eigenvalue weighted by atomic mass is 79.9. The van der Waals surface area contributed by atoms with Crippen molar-refractivity contribution < 1.29 is 9.53 Å². The van der Waals surface area contributed by atoms with Crippen LogP contribution in [0.3, 0.4) is 0 Å². The van der Waals surface area contributed by atoms with E-state index < -0.39 is 0 Å². The zero-order valence-corrected chi connectivity index (χ0v) is 5.72. The summed E-state index contributed by atoms with van der Waals surface area (Å²) in [6, 6.07) is 0. The number of nitrogens with two attached hydrogens (primary N) is 1. The number of hydrogen-bond acceptors (Lipinski definition) is 2. The van der Waals surface area contributed by atoms with Crippen LogP contribution < -0.4 is 5.73 Å². The van der Waals surface area contributed by atoms with Gasteiger partial charge in [0, 0.05) is 0 Å². The SMILES string of the molecule is NC(=O)C(Br)C1CO1. The van der Waals surface area contributed by atoms with E-state index >= 15 is 0 Å². The molecule has 8 heavy (non-hydrogen) atoms. The highest BCUT2D eigenvalue weighted by Gasteiger charge is 2.34. The van der Waals surface area contributed by atoms with Crippen LogP contribution >= 0.6 is 15.9 Å². The number of hydrogen-bond donors (Lipinski definition) is 1. The van der Waals surface area contributed by atoms with Crippen molar-refractivity contribution >= 4 is 21.8 Å². The molecule has 1 aliphatic heterocycles. The van der Waals surface area contributed by atoms with Gasteiger partial charge in [0.1, 0.15) is 10.9 Å². The summed E-state index contributed by atoms with van der Waals surface area (Å²) >= 11 is 3.07. The fraction of sp³-hybridized carbons (Fsp3) is 0.750. The largest absolute Gasteiger partial charge is 0.371 e. The third-order valence-electron chi connectivity index (χ3n) is 0.957. The van der Waals surface area contributed by atoms with Crippen LogP contribution in [-0.4, -0.2) is 23.4 Å². The molecule has 0 aromatic rings. The summed E-state index contributed by atoms with van der Waals surface area (Å²) in [7, 11) is 0. The molecule has 3 nitrogen and oxygen atoms in total. The molecule has 2 unspecified atom stereocenters. The molecule has 0 bridgehead atoms. The number of ether oxygens (including phenoxy) is 1. The second-order valence-corrected chi connectivity index (χ2v) is 2.66. The molecule has 0 aromatic heterocycles. The predicted molar refractivity (Wildman–Crippen MR) is 31.6 cm³/mol. The lowest BCUT2D eigenvalue weighted by Crippen LogP contribution is -2.27. The Labute approximate surface area is 55.3 Å². The van der Waals surface area contributed by atoms with Gasteiger partial charge in [0.15, 0.2) is 0 Å². The van der Waals surface area contributed by atoms with Gasteiger partial charge in [0.2, 0.25) is 5.91 Å². The Morgan fingerprint density at radius 1 is 2.00 bits per heavy atom. The highest BCUT2D eigenvalue weighted by molar-refractivity contribution is 9.10. The smallest absolute Gasteiger partial charge is 0.233 e. The molecule has 1 rings (SSSR count). The molecule has 0 radical (unpaired) electrons. The van der Waals surface area contributed by atoms with Gasteiger partial charge in [-0.2, -0.15) is 0 Å². The number of amides is 1. The van der Waals surface area contributed by atoms with Crippen molar-refractivity contribution in [3.63, 3.8) is 0 Å². The van der Waals surface area contributed by atoms with E-state index in [1.54, 1.807) is 0 Å². The van der Waals surface area contributed by atoms with Crippen LogP contribution in [0.5, 0.6) is 0 Å². The molecule has 4 heteroatoms. The summed E-state index contributed by atoms with van der Waals surface area (Å²) in [5.74, 6) is -0.354. The van der Waals surface area contributed by atoms with Gasteiger partial charge in [-0.15, -0.1) is 0 Å². The van der Waals surface area contributed by atoms with E-state index in [1.807, 2.05) is 0 Å². The molecule has 0 spiro atoms. The molecule has 0 saturated carbocycles. The minimum Gasteiger partial charge on any atom is -0.371 e. The van der Waals surface area contributed by atoms with Crippen molar-refractivity contribution in [2.45, 2.75) is 10.9 Å². The van der Waals surface area contributed by atoms with Crippen LogP contribution in [0, 0.1) is 0 Å². The van der Waals surface area contributed by atoms with Crippen LogP contribution in [0.2, 0.25) is 0 Å². The second-order valence-electron chi connectivity index (χ2n) is 1.68. The Morgan fingerprint density at radius 2 is 2.50 bits per heavy atom. The van der Waals surface area contributed by atoms with E-state index in [0.29, 0.717) is 6.61 Å². The zero-order valence-electron chi connectivity index (χ0n) is 4.13. The minimum absolute atomic E-state index is 0.0347. The summed E-state index contributed by atoms with van der Waals surface area (Å²) in [6.07, 6.45) is 0.0347. The maximum absolute atomic E-state index is 10.3. The van der Waals surface area contributed by atoms with E-state index in [1.165, 1.54) is 0 Å². The van der Waals surface area contributed by atoms with E-state index in [4.69, 9.17) is 10.5 Å². The number of carbonyl (C=O) groups is 1. The first-order valence-electron chi connectivity index (χ1n) is 2.27. The molecule has 1 fully saturated rings. The maximum Gasteiger partial charge on any atom is 0.233 e. The van der Waals surface area contributed by atoms with Gasteiger partial charge in [0.25, 0.3) is 0 Å². The topological polar surface area (TPSA) is 55.6 Å². The fourth-order valence-electron chi connectivity index (χ4n) is 0.408. The lowest BCUT2D eigenvalue weighted by Gasteiger charge is -1.95. The van der Waals surface area contributed by atoms with Crippen molar-refractivity contribution in [2.24, 2.45) is 5.73 Å². The van der Waals surface area contributed by atoms with E-state index in [-0.39, 0.29) is 16.8 Å². The number of halogens is 1. The molecular weight excluding hydrogens is 174 g/mol. The van der Waals surface area contributed by atoms with Crippen molar-refractivity contribution in [1.29, 1.82) is 0 Å². The third kappa shape index (κ3) is 1.20. The Bertz CT molecular complexity index is 113. The molecule has 0 aromatic carbocycles. The van der Waals surface area contributed by atoms with Crippen molar-refractivity contribution in [2.75, 3.05) is 6.61 Å². The molecule has 0 aliphatic carbocycles. The number of carbonyl (C=O) groups excluding carboxylic acids is 1. The lowest BCUT2D eigenvalue weighted by atomic mass is 10.3. The Kier molecular flexibility index (Phi) is 1.53. The summed E-state index contributed by atoms with van der Waals surface area (Å²) in [4.78, 5) is 9.99. The van der Waals surface area contributed by atoms with Crippen LogP contribution in [0.25, 0.3) is 0 Å². The van der Waals surface area contributed by atoms with Crippen molar-refractivity contribution in [3.05, 3.63) is 0 Å². The van der Waals surface area contributed by atoms with Crippen LogP contribution in [0.1, 0.15) is 0 Å². The summed E-state index contributed by atoms with van der Waals surface area (Å²) in [6.45, 7) is 0.652. The zero-order chi connectivity index (χ0) is 6.15. The summed E-state index contributed by atoms with van der Waals surface area (Å²) in [5.41, 5.74) is 4.91. The average molecular weight is 180 g/mol. The standard InChI is InChI=1S/C4H6BrNO2/c5-3(4(6)7)2-1-8-2/h2-3H,1H2,(H2,6,7). The lowest BCUT2D eigenvalue weighted by molar-refractivity contribution is -0.117. The first kappa shape index (κ1) is 6.04. The Morgan fingerprint density at radius 3 is 2.62 bits per heavy atom. The number of alkyl halides is 1. The van der Waals surface area contributed by atoms with Gasteiger partial charge >= 0.3 is 0 Å². The Hall–Kier alpha value is -0.0900. The minimum atomic E-state index is -0.354. The van der Waals surface area contributed by atoms with Gasteiger partial charge in [-0.05, 0) is 0 Å².